The number of primary amides is 1. The molecule has 0 aliphatic heterocycles. The van der Waals surface area contributed by atoms with Gasteiger partial charge in [0.1, 0.15) is 22.8 Å². The number of phenolic OH excluding ortho intramolecular Hbond substituents is 1. The third-order valence-electron chi connectivity index (χ3n) is 7.80. The van der Waals surface area contributed by atoms with E-state index < -0.39 is 57.7 Å². The van der Waals surface area contributed by atoms with Gasteiger partial charge in [0.2, 0.25) is 5.78 Å². The summed E-state index contributed by atoms with van der Waals surface area (Å²) >= 11 is 0. The quantitative estimate of drug-likeness (QED) is 0.329. The molecule has 0 heterocycles. The molecule has 0 bridgehead atoms. The number of aliphatic hydroxyl groups is 3. The van der Waals surface area contributed by atoms with Crippen LogP contribution in [0.4, 0.5) is 0 Å². The first-order valence-electron chi connectivity index (χ1n) is 11.1. The Bertz CT molecular complexity index is 1250. The highest BCUT2D eigenvalue weighted by Crippen LogP contribution is 2.55. The van der Waals surface area contributed by atoms with Crippen molar-refractivity contribution in [3.05, 3.63) is 45.7 Å². The van der Waals surface area contributed by atoms with Crippen molar-refractivity contribution in [3.63, 3.8) is 0 Å². The van der Waals surface area contributed by atoms with Crippen LogP contribution < -0.4 is 11.5 Å². The largest absolute Gasteiger partial charge is 0.508 e. The van der Waals surface area contributed by atoms with Gasteiger partial charge >= 0.3 is 0 Å². The highest BCUT2D eigenvalue weighted by molar-refractivity contribution is 6.24. The van der Waals surface area contributed by atoms with E-state index in [1.165, 1.54) is 11.0 Å². The van der Waals surface area contributed by atoms with Crippen molar-refractivity contribution in [1.82, 2.24) is 4.90 Å². The second-order valence-corrected chi connectivity index (χ2v) is 10.1. The number of benzene rings is 1. The maximum absolute atomic E-state index is 13.8. The summed E-state index contributed by atoms with van der Waals surface area (Å²) < 4.78 is 0. The molecular formula is C24H27N3O7. The molecule has 4 aliphatic carbocycles. The molecule has 10 nitrogen and oxygen atoms in total. The molecule has 2 saturated carbocycles. The number of nitrogens with zero attached hydrogens (tertiary/aromatic N) is 1. The fourth-order valence-corrected chi connectivity index (χ4v) is 6.15. The van der Waals surface area contributed by atoms with Crippen molar-refractivity contribution >= 4 is 23.2 Å². The predicted octanol–water partition coefficient (Wildman–Crippen LogP) is -0.0773. The molecule has 4 aliphatic rings. The molecule has 10 heteroatoms. The second-order valence-electron chi connectivity index (χ2n) is 10.1. The number of aliphatic hydroxyl groups excluding tert-OH is 2. The zero-order chi connectivity index (χ0) is 24.9. The summed E-state index contributed by atoms with van der Waals surface area (Å²) in [5.74, 6) is -6.12. The SMILES string of the molecule is CN(C)[C@@H]1C(=O)C(C(N)=O)=C(O)[C@@]2(O)C(=O)C3=C(O)c4c(O)ccc(C5CC5)c4C[C@@]3(N)C[C@@H]12. The Morgan fingerprint density at radius 1 is 1.15 bits per heavy atom. The number of hydrogen-bond donors (Lipinski definition) is 6. The van der Waals surface area contributed by atoms with Gasteiger partial charge in [-0.25, -0.2) is 0 Å². The molecule has 1 amide bonds. The molecule has 0 saturated heterocycles. The zero-order valence-corrected chi connectivity index (χ0v) is 18.8. The van der Waals surface area contributed by atoms with Gasteiger partial charge in [0.25, 0.3) is 5.91 Å². The third-order valence-corrected chi connectivity index (χ3v) is 7.80. The van der Waals surface area contributed by atoms with E-state index >= 15 is 0 Å². The number of fused-ring (bicyclic) bond motifs is 3. The van der Waals surface area contributed by atoms with Gasteiger partial charge in [-0.15, -0.1) is 0 Å². The number of ketones is 2. The summed E-state index contributed by atoms with van der Waals surface area (Å²) in [6.07, 6.45) is 1.85. The lowest BCUT2D eigenvalue weighted by Gasteiger charge is -2.53. The molecule has 5 rings (SSSR count). The minimum Gasteiger partial charge on any atom is -0.508 e. The average molecular weight is 469 g/mol. The lowest BCUT2D eigenvalue weighted by molar-refractivity contribution is -0.154. The summed E-state index contributed by atoms with van der Waals surface area (Å²) in [7, 11) is 3.08. The van der Waals surface area contributed by atoms with Crippen molar-refractivity contribution in [1.29, 1.82) is 0 Å². The molecule has 180 valence electrons. The number of amides is 1. The minimum absolute atomic E-state index is 0.0746. The Hall–Kier alpha value is -3.21. The summed E-state index contributed by atoms with van der Waals surface area (Å²) in [5.41, 5.74) is 8.31. The number of rotatable bonds is 3. The van der Waals surface area contributed by atoms with Crippen LogP contribution in [0.25, 0.3) is 5.76 Å². The number of phenols is 1. The predicted molar refractivity (Wildman–Crippen MR) is 120 cm³/mol. The highest BCUT2D eigenvalue weighted by Gasteiger charge is 2.67. The number of hydrogen-bond acceptors (Lipinski definition) is 9. The van der Waals surface area contributed by atoms with Gasteiger partial charge in [-0.2, -0.15) is 0 Å². The van der Waals surface area contributed by atoms with Crippen molar-refractivity contribution < 1.29 is 34.8 Å². The summed E-state index contributed by atoms with van der Waals surface area (Å²) in [6.45, 7) is 0. The first-order chi connectivity index (χ1) is 15.8. The van der Waals surface area contributed by atoms with Crippen LogP contribution in [0.5, 0.6) is 5.75 Å². The Morgan fingerprint density at radius 3 is 2.35 bits per heavy atom. The third kappa shape index (κ3) is 2.70. The van der Waals surface area contributed by atoms with Crippen LogP contribution in [0, 0.1) is 5.92 Å². The van der Waals surface area contributed by atoms with E-state index in [-0.39, 0.29) is 35.6 Å². The summed E-state index contributed by atoms with van der Waals surface area (Å²) in [6, 6.07) is 2.06. The van der Waals surface area contributed by atoms with E-state index in [0.29, 0.717) is 5.56 Å². The van der Waals surface area contributed by atoms with Crippen LogP contribution in [0.15, 0.2) is 29.0 Å². The van der Waals surface area contributed by atoms with Gasteiger partial charge in [0.15, 0.2) is 11.4 Å². The molecule has 1 aromatic carbocycles. The minimum atomic E-state index is -2.71. The molecule has 4 atom stereocenters. The van der Waals surface area contributed by atoms with Crippen molar-refractivity contribution in [3.8, 4) is 5.75 Å². The fourth-order valence-electron chi connectivity index (χ4n) is 6.15. The number of carbonyl (C=O) groups excluding carboxylic acids is 3. The fraction of sp³-hybridized carbons (Fsp3) is 0.458. The van der Waals surface area contributed by atoms with Gasteiger partial charge in [-0.3, -0.25) is 19.3 Å². The topological polar surface area (TPSA) is 187 Å². The number of carbonyl (C=O) groups is 3. The van der Waals surface area contributed by atoms with Crippen LogP contribution in [-0.4, -0.2) is 74.1 Å². The molecule has 0 radical (unpaired) electrons. The van der Waals surface area contributed by atoms with E-state index in [9.17, 15) is 34.8 Å². The van der Waals surface area contributed by atoms with E-state index in [1.807, 2.05) is 0 Å². The Balaban J connectivity index is 1.78. The summed E-state index contributed by atoms with van der Waals surface area (Å²) in [4.78, 5) is 40.4. The van der Waals surface area contributed by atoms with Gasteiger partial charge < -0.3 is 31.9 Å². The monoisotopic (exact) mass is 469 g/mol. The number of nitrogens with two attached hydrogens (primary N) is 2. The van der Waals surface area contributed by atoms with Gasteiger partial charge in [0.05, 0.1) is 22.7 Å². The van der Waals surface area contributed by atoms with Crippen LogP contribution in [0.1, 0.15) is 41.9 Å². The van der Waals surface area contributed by atoms with Crippen LogP contribution >= 0.6 is 0 Å². The van der Waals surface area contributed by atoms with Crippen molar-refractivity contribution in [2.75, 3.05) is 14.1 Å². The molecule has 2 fully saturated rings. The van der Waals surface area contributed by atoms with Crippen LogP contribution in [-0.2, 0) is 20.8 Å². The lowest BCUT2D eigenvalue weighted by Crippen LogP contribution is -2.70. The average Bonchev–Trinajstić information content (AvgIpc) is 3.55. The second kappa shape index (κ2) is 6.91. The van der Waals surface area contributed by atoms with E-state index in [0.717, 1.165) is 18.4 Å². The number of likely N-dealkylation sites (N-methyl/N-ethyl adjacent to an activating group) is 1. The van der Waals surface area contributed by atoms with Crippen molar-refractivity contribution in [2.24, 2.45) is 17.4 Å². The Morgan fingerprint density at radius 2 is 1.79 bits per heavy atom. The molecule has 34 heavy (non-hydrogen) atoms. The number of Topliss-reactive ketones (excluding diaryl/α,β-unsaturated/α-hetero) is 2. The Labute approximate surface area is 195 Å². The smallest absolute Gasteiger partial charge is 0.255 e. The lowest BCUT2D eigenvalue weighted by atomic mass is 9.54. The Kier molecular flexibility index (Phi) is 4.59. The highest BCUT2D eigenvalue weighted by atomic mass is 16.3. The molecule has 1 aromatic rings. The van der Waals surface area contributed by atoms with E-state index in [1.54, 1.807) is 20.2 Å². The van der Waals surface area contributed by atoms with E-state index in [2.05, 4.69) is 0 Å². The van der Waals surface area contributed by atoms with Crippen LogP contribution in [0.2, 0.25) is 0 Å². The molecule has 0 aromatic heterocycles. The maximum atomic E-state index is 13.8. The van der Waals surface area contributed by atoms with Crippen molar-refractivity contribution in [2.45, 2.75) is 48.8 Å². The van der Waals surface area contributed by atoms with Gasteiger partial charge in [-0.05, 0) is 62.9 Å². The molecule has 0 unspecified atom stereocenters. The molecular weight excluding hydrogens is 442 g/mol. The van der Waals surface area contributed by atoms with Gasteiger partial charge in [0, 0.05) is 5.92 Å². The molecule has 8 N–H and O–H groups in total. The normalized spacial score (nSPS) is 33.1. The first-order valence-corrected chi connectivity index (χ1v) is 11.1. The van der Waals surface area contributed by atoms with E-state index in [4.69, 9.17) is 11.5 Å². The maximum Gasteiger partial charge on any atom is 0.255 e. The van der Waals surface area contributed by atoms with Crippen LogP contribution in [0.3, 0.4) is 0 Å². The zero-order valence-electron chi connectivity index (χ0n) is 18.8. The standard InChI is InChI=1S/C24H27N3O7/c1-27(2)17-12-8-23(26)7-11-10(9-3-4-9)5-6-13(28)14(11)18(29)16(23)21(32)24(12,34)20(31)15(19(17)30)22(25)33/h5-6,9,12,17,28-29,31,34H,3-4,7-8,26H2,1-2H3,(H2,25,33)/t12-,17-,23+,24+/m0/s1. The van der Waals surface area contributed by atoms with Gasteiger partial charge in [-0.1, -0.05) is 6.07 Å². The molecule has 0 spiro atoms. The first kappa shape index (κ1) is 22.6. The number of aromatic hydroxyl groups is 1. The summed E-state index contributed by atoms with van der Waals surface area (Å²) in [5, 5.41) is 44.2.